The molecule has 13 heavy (non-hydrogen) atoms. The lowest BCUT2D eigenvalue weighted by Gasteiger charge is -2.06. The highest BCUT2D eigenvalue weighted by molar-refractivity contribution is 5.69. The normalized spacial score (nSPS) is 10.7. The van der Waals surface area contributed by atoms with E-state index < -0.39 is 0 Å². The average molecular weight is 173 g/mol. The van der Waals surface area contributed by atoms with Crippen LogP contribution in [0.2, 0.25) is 0 Å². The summed E-state index contributed by atoms with van der Waals surface area (Å²) < 4.78 is 0. The summed E-state index contributed by atoms with van der Waals surface area (Å²) in [4.78, 5) is 9.19. The fourth-order valence-electron chi connectivity index (χ4n) is 0.935. The summed E-state index contributed by atoms with van der Waals surface area (Å²) in [5.74, 6) is 0. The van der Waals surface area contributed by atoms with Crippen LogP contribution in [-0.4, -0.2) is 24.0 Å². The van der Waals surface area contributed by atoms with Gasteiger partial charge in [-0.1, -0.05) is 0 Å². The number of hydrogen-bond acceptors (Lipinski definition) is 2. The minimum atomic E-state index is 0.632. The smallest absolute Gasteiger partial charge is 0.209 e. The van der Waals surface area contributed by atoms with Crippen LogP contribution >= 0.6 is 0 Å². The zero-order valence-corrected chi connectivity index (χ0v) is 7.73. The zero-order chi connectivity index (χ0) is 9.68. The van der Waals surface area contributed by atoms with E-state index in [0.29, 0.717) is 5.70 Å². The highest BCUT2D eigenvalue weighted by Crippen LogP contribution is 2.14. The van der Waals surface area contributed by atoms with Crippen molar-refractivity contribution < 1.29 is 0 Å². The number of aromatic nitrogens is 1. The van der Waals surface area contributed by atoms with Gasteiger partial charge in [0.25, 0.3) is 0 Å². The first-order valence-electron chi connectivity index (χ1n) is 3.90. The fourth-order valence-corrected chi connectivity index (χ4v) is 0.935. The molecule has 0 amide bonds. The summed E-state index contributed by atoms with van der Waals surface area (Å²) in [5, 5.41) is 0. The van der Waals surface area contributed by atoms with Crippen LogP contribution in [0.3, 0.4) is 0 Å². The van der Waals surface area contributed by atoms with Crippen LogP contribution in [0.1, 0.15) is 5.56 Å². The second kappa shape index (κ2) is 4.27. The average Bonchev–Trinajstić information content (AvgIpc) is 2.15. The van der Waals surface area contributed by atoms with E-state index in [1.54, 1.807) is 18.6 Å². The van der Waals surface area contributed by atoms with Gasteiger partial charge in [0.1, 0.15) is 0 Å². The van der Waals surface area contributed by atoms with Crippen molar-refractivity contribution in [3.63, 3.8) is 0 Å². The number of nitrogens with zero attached hydrogens (tertiary/aromatic N) is 3. The Morgan fingerprint density at radius 2 is 2.08 bits per heavy atom. The molecule has 0 aliphatic heterocycles. The van der Waals surface area contributed by atoms with Gasteiger partial charge in [0, 0.05) is 32.7 Å². The van der Waals surface area contributed by atoms with Gasteiger partial charge in [0.05, 0.1) is 6.57 Å². The summed E-state index contributed by atoms with van der Waals surface area (Å²) >= 11 is 0. The topological polar surface area (TPSA) is 20.5 Å². The fraction of sp³-hybridized carbons (Fsp3) is 0.200. The lowest BCUT2D eigenvalue weighted by Crippen LogP contribution is -2.01. The van der Waals surface area contributed by atoms with E-state index in [-0.39, 0.29) is 0 Å². The summed E-state index contributed by atoms with van der Waals surface area (Å²) in [5.41, 5.74) is 1.53. The molecule has 0 atom stereocenters. The quantitative estimate of drug-likeness (QED) is 0.636. The van der Waals surface area contributed by atoms with Gasteiger partial charge in [-0.2, -0.15) is 0 Å². The maximum atomic E-state index is 7.00. The van der Waals surface area contributed by atoms with E-state index in [0.717, 1.165) is 5.56 Å². The molecular formula is C10H11N3. The molecule has 1 heterocycles. The molecule has 66 valence electrons. The largest absolute Gasteiger partial charge is 0.393 e. The van der Waals surface area contributed by atoms with Crippen molar-refractivity contribution in [3.05, 3.63) is 47.7 Å². The van der Waals surface area contributed by atoms with Crippen LogP contribution in [0.25, 0.3) is 10.5 Å². The minimum absolute atomic E-state index is 0.632. The molecule has 1 aromatic rings. The van der Waals surface area contributed by atoms with E-state index >= 15 is 0 Å². The third-order valence-electron chi connectivity index (χ3n) is 1.48. The van der Waals surface area contributed by atoms with Gasteiger partial charge in [0.15, 0.2) is 0 Å². The minimum Gasteiger partial charge on any atom is -0.393 e. The van der Waals surface area contributed by atoms with Gasteiger partial charge in [-0.05, 0) is 17.7 Å². The van der Waals surface area contributed by atoms with Crippen molar-refractivity contribution in [1.82, 2.24) is 9.88 Å². The van der Waals surface area contributed by atoms with Gasteiger partial charge < -0.3 is 4.90 Å². The van der Waals surface area contributed by atoms with Crippen molar-refractivity contribution in [2.75, 3.05) is 14.1 Å². The number of pyridine rings is 1. The van der Waals surface area contributed by atoms with Crippen LogP contribution in [-0.2, 0) is 0 Å². The molecule has 0 fully saturated rings. The lowest BCUT2D eigenvalue weighted by molar-refractivity contribution is 0.566. The first-order chi connectivity index (χ1) is 6.24. The predicted octanol–water partition coefficient (Wildman–Crippen LogP) is 1.86. The van der Waals surface area contributed by atoms with E-state index in [2.05, 4.69) is 9.83 Å². The van der Waals surface area contributed by atoms with Crippen molar-refractivity contribution in [2.45, 2.75) is 0 Å². The lowest BCUT2D eigenvalue weighted by atomic mass is 10.2. The number of rotatable bonds is 2. The van der Waals surface area contributed by atoms with E-state index in [1.165, 1.54) is 0 Å². The molecule has 0 N–H and O–H groups in total. The molecule has 0 aliphatic carbocycles. The van der Waals surface area contributed by atoms with Crippen molar-refractivity contribution in [1.29, 1.82) is 0 Å². The summed E-state index contributed by atoms with van der Waals surface area (Å²) in [6, 6.07) is 3.65. The van der Waals surface area contributed by atoms with Gasteiger partial charge in [-0.15, -0.1) is 0 Å². The molecule has 3 heteroatoms. The Morgan fingerprint density at radius 1 is 1.46 bits per heavy atom. The highest BCUT2D eigenvalue weighted by Gasteiger charge is 1.99. The molecule has 0 saturated carbocycles. The van der Waals surface area contributed by atoms with E-state index in [4.69, 9.17) is 6.57 Å². The molecule has 0 spiro atoms. The molecule has 0 radical (unpaired) electrons. The third-order valence-corrected chi connectivity index (χ3v) is 1.48. The van der Waals surface area contributed by atoms with Gasteiger partial charge in [-0.3, -0.25) is 4.98 Å². The first kappa shape index (κ1) is 9.27. The second-order valence-electron chi connectivity index (χ2n) is 2.83. The van der Waals surface area contributed by atoms with Crippen molar-refractivity contribution >= 4 is 5.70 Å². The summed E-state index contributed by atoms with van der Waals surface area (Å²) in [7, 11) is 3.79. The van der Waals surface area contributed by atoms with E-state index in [1.807, 2.05) is 31.1 Å². The first-order valence-corrected chi connectivity index (χ1v) is 3.90. The Hall–Kier alpha value is -1.82. The van der Waals surface area contributed by atoms with E-state index in [9.17, 15) is 0 Å². The molecule has 1 aromatic heterocycles. The molecule has 0 aliphatic rings. The third kappa shape index (κ3) is 2.60. The Bertz CT molecular complexity index is 333. The van der Waals surface area contributed by atoms with Crippen molar-refractivity contribution in [2.24, 2.45) is 0 Å². The van der Waals surface area contributed by atoms with Gasteiger partial charge >= 0.3 is 0 Å². The molecule has 0 unspecified atom stereocenters. The van der Waals surface area contributed by atoms with Crippen LogP contribution in [0.4, 0.5) is 0 Å². The maximum absolute atomic E-state index is 7.00. The molecule has 3 nitrogen and oxygen atoms in total. The van der Waals surface area contributed by atoms with Crippen molar-refractivity contribution in [3.8, 4) is 0 Å². The molecular weight excluding hydrogens is 162 g/mol. The summed E-state index contributed by atoms with van der Waals surface area (Å²) in [6.07, 6.45) is 5.16. The monoisotopic (exact) mass is 173 g/mol. The Morgan fingerprint density at radius 3 is 2.54 bits per heavy atom. The predicted molar refractivity (Wildman–Crippen MR) is 52.5 cm³/mol. The Balaban J connectivity index is 3.00. The molecule has 0 saturated heterocycles. The standard InChI is InChI=1S/C10H11N3/c1-11-10(8-13(2)3)9-4-6-12-7-5-9/h4-8H,2-3H3/b10-8-. The Kier molecular flexibility index (Phi) is 3.04. The van der Waals surface area contributed by atoms with Gasteiger partial charge in [-0.25, -0.2) is 4.85 Å². The van der Waals surface area contributed by atoms with Gasteiger partial charge in [0.2, 0.25) is 5.70 Å². The highest BCUT2D eigenvalue weighted by atomic mass is 15.0. The van der Waals surface area contributed by atoms with Crippen LogP contribution in [0, 0.1) is 6.57 Å². The Labute approximate surface area is 78.1 Å². The SMILES string of the molecule is [C-]#[N+]/C(=C\N(C)C)c1ccncc1. The van der Waals surface area contributed by atoms with Crippen LogP contribution in [0.5, 0.6) is 0 Å². The number of hydrogen-bond donors (Lipinski definition) is 0. The molecule has 0 aromatic carbocycles. The van der Waals surface area contributed by atoms with Crippen LogP contribution < -0.4 is 0 Å². The summed E-state index contributed by atoms with van der Waals surface area (Å²) in [6.45, 7) is 7.00. The maximum Gasteiger partial charge on any atom is 0.209 e. The second-order valence-corrected chi connectivity index (χ2v) is 2.83. The molecule has 1 rings (SSSR count). The molecule has 0 bridgehead atoms. The zero-order valence-electron chi connectivity index (χ0n) is 7.73. The van der Waals surface area contributed by atoms with Crippen LogP contribution in [0.15, 0.2) is 30.7 Å².